The third kappa shape index (κ3) is 8.40. The SMILES string of the molecule is C=C/C=C(\C=NC)C(C=O)N(C(=O)C1CN(C#N)C1)c1ccc(C(C)(C)C)cc1.CNC1CCCCC1. The predicted molar refractivity (Wildman–Crippen MR) is 152 cm³/mol. The number of likely N-dealkylation sites (tertiary alicyclic amines) is 1. The lowest BCUT2D eigenvalue weighted by molar-refractivity contribution is -0.127. The van der Waals surface area contributed by atoms with Crippen LogP contribution in [0.1, 0.15) is 58.4 Å². The van der Waals surface area contributed by atoms with Gasteiger partial charge in [0.05, 0.1) is 5.92 Å². The zero-order valence-electron chi connectivity index (χ0n) is 23.1. The maximum absolute atomic E-state index is 13.3. The first-order valence-electron chi connectivity index (χ1n) is 13.2. The Morgan fingerprint density at radius 1 is 1.22 bits per heavy atom. The molecule has 1 unspecified atom stereocenters. The van der Waals surface area contributed by atoms with E-state index in [0.29, 0.717) is 24.4 Å². The maximum atomic E-state index is 13.3. The topological polar surface area (TPSA) is 88.8 Å². The summed E-state index contributed by atoms with van der Waals surface area (Å²) in [7, 11) is 3.68. The molecular formula is C30H43N5O2. The molecule has 37 heavy (non-hydrogen) atoms. The number of amides is 1. The monoisotopic (exact) mass is 505 g/mol. The Kier molecular flexibility index (Phi) is 11.7. The second-order valence-corrected chi connectivity index (χ2v) is 10.7. The average molecular weight is 506 g/mol. The number of benzene rings is 1. The molecule has 200 valence electrons. The Balaban J connectivity index is 0.000000510. The van der Waals surface area contributed by atoms with Crippen molar-refractivity contribution in [3.63, 3.8) is 0 Å². The van der Waals surface area contributed by atoms with Crippen molar-refractivity contribution in [2.45, 2.75) is 70.4 Å². The first-order valence-corrected chi connectivity index (χ1v) is 13.2. The molecule has 7 nitrogen and oxygen atoms in total. The molecule has 0 spiro atoms. The van der Waals surface area contributed by atoms with E-state index in [2.05, 4.69) is 44.7 Å². The van der Waals surface area contributed by atoms with Crippen molar-refractivity contribution < 1.29 is 9.59 Å². The molecule has 1 saturated heterocycles. The number of aliphatic imine (C=N–C) groups is 1. The lowest BCUT2D eigenvalue weighted by atomic mass is 9.87. The van der Waals surface area contributed by atoms with Gasteiger partial charge in [0.25, 0.3) is 0 Å². The fourth-order valence-corrected chi connectivity index (χ4v) is 4.64. The largest absolute Gasteiger partial charge is 0.317 e. The van der Waals surface area contributed by atoms with Crippen LogP contribution in [0.25, 0.3) is 0 Å². The van der Waals surface area contributed by atoms with Gasteiger partial charge in [-0.15, -0.1) is 0 Å². The van der Waals surface area contributed by atoms with Crippen molar-refractivity contribution >= 4 is 24.1 Å². The summed E-state index contributed by atoms with van der Waals surface area (Å²) in [6.07, 6.45) is 14.7. The van der Waals surface area contributed by atoms with Crippen LogP contribution in [-0.4, -0.2) is 62.6 Å². The van der Waals surface area contributed by atoms with Crippen molar-refractivity contribution in [3.05, 3.63) is 54.1 Å². The highest BCUT2D eigenvalue weighted by atomic mass is 16.2. The minimum atomic E-state index is -0.833. The molecular weight excluding hydrogens is 462 g/mol. The van der Waals surface area contributed by atoms with E-state index in [4.69, 9.17) is 5.26 Å². The molecule has 2 fully saturated rings. The number of carbonyl (C=O) groups is 2. The fourth-order valence-electron chi connectivity index (χ4n) is 4.64. The molecule has 7 heteroatoms. The summed E-state index contributed by atoms with van der Waals surface area (Å²) >= 11 is 0. The van der Waals surface area contributed by atoms with E-state index in [0.717, 1.165) is 17.9 Å². The van der Waals surface area contributed by atoms with Crippen LogP contribution in [0.4, 0.5) is 5.69 Å². The van der Waals surface area contributed by atoms with E-state index in [1.165, 1.54) is 41.9 Å². The van der Waals surface area contributed by atoms with Gasteiger partial charge in [0, 0.05) is 38.1 Å². The summed E-state index contributed by atoms with van der Waals surface area (Å²) in [5.74, 6) is -0.514. The molecule has 1 aromatic carbocycles. The number of anilines is 1. The Morgan fingerprint density at radius 3 is 2.27 bits per heavy atom. The quantitative estimate of drug-likeness (QED) is 0.240. The Morgan fingerprint density at radius 2 is 1.84 bits per heavy atom. The van der Waals surface area contributed by atoms with Crippen LogP contribution in [0.15, 0.2) is 53.6 Å². The third-order valence-corrected chi connectivity index (χ3v) is 6.97. The van der Waals surface area contributed by atoms with E-state index >= 15 is 0 Å². The van der Waals surface area contributed by atoms with Gasteiger partial charge >= 0.3 is 0 Å². The summed E-state index contributed by atoms with van der Waals surface area (Å²) in [5.41, 5.74) is 2.31. The molecule has 1 N–H and O–H groups in total. The Hall–Kier alpha value is -3.24. The Labute approximate surface area is 222 Å². The number of nitrogens with one attached hydrogen (secondary N) is 1. The lowest BCUT2D eigenvalue weighted by Crippen LogP contribution is -2.55. The normalized spacial score (nSPS) is 17.7. The molecule has 1 aliphatic carbocycles. The van der Waals surface area contributed by atoms with Crippen molar-refractivity contribution in [1.82, 2.24) is 10.2 Å². The summed E-state index contributed by atoms with van der Waals surface area (Å²) in [4.78, 5) is 32.5. The number of rotatable bonds is 8. The van der Waals surface area contributed by atoms with Crippen LogP contribution in [0.3, 0.4) is 0 Å². The number of hydrogen-bond donors (Lipinski definition) is 1. The third-order valence-electron chi connectivity index (χ3n) is 6.97. The van der Waals surface area contributed by atoms with Crippen LogP contribution in [0.2, 0.25) is 0 Å². The molecule has 3 rings (SSSR count). The molecule has 0 bridgehead atoms. The molecule has 0 aromatic heterocycles. The lowest BCUT2D eigenvalue weighted by Gasteiger charge is -2.39. The molecule has 1 atom stereocenters. The number of carbonyl (C=O) groups excluding carboxylic acids is 2. The molecule has 2 aliphatic rings. The number of aldehydes is 1. The Bertz CT molecular complexity index is 988. The molecule has 1 amide bonds. The summed E-state index contributed by atoms with van der Waals surface area (Å²) in [6.45, 7) is 10.8. The van der Waals surface area contributed by atoms with E-state index < -0.39 is 6.04 Å². The minimum absolute atomic E-state index is 0.0263. The van der Waals surface area contributed by atoms with E-state index in [-0.39, 0.29) is 17.2 Å². The second-order valence-electron chi connectivity index (χ2n) is 10.7. The van der Waals surface area contributed by atoms with E-state index in [9.17, 15) is 9.59 Å². The molecule has 1 aliphatic heterocycles. The summed E-state index contributed by atoms with van der Waals surface area (Å²) < 4.78 is 0. The highest BCUT2D eigenvalue weighted by Crippen LogP contribution is 2.29. The van der Waals surface area contributed by atoms with Gasteiger partial charge in [-0.25, -0.2) is 0 Å². The number of nitrogens with zero attached hydrogens (tertiary/aromatic N) is 4. The predicted octanol–water partition coefficient (Wildman–Crippen LogP) is 4.65. The second kappa shape index (κ2) is 14.5. The smallest absolute Gasteiger partial charge is 0.234 e. The van der Waals surface area contributed by atoms with Gasteiger partial charge in [0.1, 0.15) is 12.3 Å². The van der Waals surface area contributed by atoms with Gasteiger partial charge in [-0.2, -0.15) is 5.26 Å². The van der Waals surface area contributed by atoms with Crippen LogP contribution in [-0.2, 0) is 15.0 Å². The highest BCUT2D eigenvalue weighted by molar-refractivity contribution is 6.03. The van der Waals surface area contributed by atoms with Crippen molar-refractivity contribution in [3.8, 4) is 6.19 Å². The number of allylic oxidation sites excluding steroid dienone is 2. The number of nitriles is 1. The standard InChI is InChI=1S/C23H28N4O2.C7H15N/c1-6-7-17(12-25-5)21(15-28)27(22(29)18-13-26(14-18)16-24)20-10-8-19(9-11-20)23(2,3)4;1-8-7-5-3-2-4-6-7/h6-12,15,18,21H,1,13-14H2,2-5H3;7-8H,2-6H2,1H3/b17-7+,25-12?;. The molecule has 1 aromatic rings. The van der Waals surface area contributed by atoms with Gasteiger partial charge in [-0.3, -0.25) is 14.7 Å². The van der Waals surface area contributed by atoms with Gasteiger partial charge < -0.3 is 15.0 Å². The average Bonchev–Trinajstić information content (AvgIpc) is 2.87. The van der Waals surface area contributed by atoms with Crippen LogP contribution >= 0.6 is 0 Å². The van der Waals surface area contributed by atoms with Crippen molar-refractivity contribution in [1.29, 1.82) is 5.26 Å². The van der Waals surface area contributed by atoms with Gasteiger partial charge in [0.15, 0.2) is 6.19 Å². The highest BCUT2D eigenvalue weighted by Gasteiger charge is 2.39. The van der Waals surface area contributed by atoms with Gasteiger partial charge in [-0.05, 0) is 48.6 Å². The molecule has 0 radical (unpaired) electrons. The van der Waals surface area contributed by atoms with Crippen LogP contribution < -0.4 is 10.2 Å². The summed E-state index contributed by atoms with van der Waals surface area (Å²) in [5, 5.41) is 12.3. The zero-order valence-corrected chi connectivity index (χ0v) is 23.1. The summed E-state index contributed by atoms with van der Waals surface area (Å²) in [6, 6.07) is 7.69. The van der Waals surface area contributed by atoms with E-state index in [1.807, 2.05) is 30.5 Å². The molecule has 1 heterocycles. The van der Waals surface area contributed by atoms with Gasteiger partial charge in [0.2, 0.25) is 5.91 Å². The zero-order chi connectivity index (χ0) is 27.4. The van der Waals surface area contributed by atoms with Crippen molar-refractivity contribution in [2.24, 2.45) is 10.9 Å². The minimum Gasteiger partial charge on any atom is -0.317 e. The van der Waals surface area contributed by atoms with Crippen LogP contribution in [0, 0.1) is 17.4 Å². The van der Waals surface area contributed by atoms with Crippen LogP contribution in [0.5, 0.6) is 0 Å². The van der Waals surface area contributed by atoms with Gasteiger partial charge in [-0.1, -0.05) is 70.9 Å². The first kappa shape index (κ1) is 30.0. The molecule has 1 saturated carbocycles. The van der Waals surface area contributed by atoms with E-state index in [1.54, 1.807) is 25.4 Å². The maximum Gasteiger partial charge on any atom is 0.234 e. The van der Waals surface area contributed by atoms with Crippen molar-refractivity contribution in [2.75, 3.05) is 32.1 Å². The number of hydrogen-bond acceptors (Lipinski definition) is 6. The first-order chi connectivity index (χ1) is 17.7. The fraction of sp³-hybridized carbons (Fsp3) is 0.533.